The number of nitrogens with one attached hydrogen (secondary N) is 2. The van der Waals surface area contributed by atoms with Gasteiger partial charge in [0, 0.05) is 12.6 Å². The highest BCUT2D eigenvalue weighted by atomic mass is 16.1. The summed E-state index contributed by atoms with van der Waals surface area (Å²) < 4.78 is 0. The average Bonchev–Trinajstić information content (AvgIpc) is 2.63. The Hall–Kier alpha value is -0.570. The van der Waals surface area contributed by atoms with E-state index < -0.39 is 0 Å². The highest BCUT2D eigenvalue weighted by molar-refractivity contribution is 5.77. The molecular formula is C11H22N2O. The van der Waals surface area contributed by atoms with Crippen molar-refractivity contribution in [3.63, 3.8) is 0 Å². The molecule has 1 fully saturated rings. The maximum atomic E-state index is 11.3. The molecule has 1 rings (SSSR count). The predicted octanol–water partition coefficient (Wildman–Crippen LogP) is 1.29. The molecule has 82 valence electrons. The smallest absolute Gasteiger partial charge is 0.233 e. The molecular weight excluding hydrogens is 176 g/mol. The molecule has 0 aliphatic heterocycles. The normalized spacial score (nSPS) is 17.6. The molecule has 14 heavy (non-hydrogen) atoms. The number of amides is 1. The molecule has 1 saturated carbocycles. The number of hydrogen-bond acceptors (Lipinski definition) is 2. The van der Waals surface area contributed by atoms with E-state index in [9.17, 15) is 4.79 Å². The van der Waals surface area contributed by atoms with Crippen molar-refractivity contribution in [2.24, 2.45) is 5.92 Å². The monoisotopic (exact) mass is 198 g/mol. The van der Waals surface area contributed by atoms with Crippen molar-refractivity contribution in [2.75, 3.05) is 13.1 Å². The van der Waals surface area contributed by atoms with Crippen LogP contribution in [0.5, 0.6) is 0 Å². The summed E-state index contributed by atoms with van der Waals surface area (Å²) in [6.45, 7) is 5.41. The van der Waals surface area contributed by atoms with Gasteiger partial charge in [0.1, 0.15) is 0 Å². The van der Waals surface area contributed by atoms with Crippen molar-refractivity contribution in [3.8, 4) is 0 Å². The summed E-state index contributed by atoms with van der Waals surface area (Å²) in [5.41, 5.74) is 0. The zero-order chi connectivity index (χ0) is 10.4. The molecule has 3 nitrogen and oxygen atoms in total. The van der Waals surface area contributed by atoms with E-state index in [1.165, 1.54) is 25.7 Å². The molecule has 0 aromatic carbocycles. The van der Waals surface area contributed by atoms with Crippen molar-refractivity contribution in [2.45, 2.75) is 45.6 Å². The Labute approximate surface area is 86.6 Å². The van der Waals surface area contributed by atoms with E-state index in [-0.39, 0.29) is 5.91 Å². The molecule has 0 bridgehead atoms. The molecule has 2 N–H and O–H groups in total. The number of carbonyl (C=O) groups is 1. The summed E-state index contributed by atoms with van der Waals surface area (Å²) in [5.74, 6) is 0.864. The van der Waals surface area contributed by atoms with Crippen LogP contribution in [0.1, 0.15) is 39.5 Å². The van der Waals surface area contributed by atoms with E-state index >= 15 is 0 Å². The Balaban J connectivity index is 2.02. The number of carbonyl (C=O) groups excluding carboxylic acids is 1. The molecule has 1 amide bonds. The van der Waals surface area contributed by atoms with Crippen LogP contribution in [0.3, 0.4) is 0 Å². The Kier molecular flexibility index (Phi) is 4.94. The van der Waals surface area contributed by atoms with Crippen LogP contribution in [-0.4, -0.2) is 25.0 Å². The molecule has 1 aliphatic carbocycles. The van der Waals surface area contributed by atoms with Crippen molar-refractivity contribution < 1.29 is 4.79 Å². The summed E-state index contributed by atoms with van der Waals surface area (Å²) in [5, 5.41) is 6.09. The summed E-state index contributed by atoms with van der Waals surface area (Å²) in [6, 6.07) is 0.382. The molecule has 1 aliphatic rings. The van der Waals surface area contributed by atoms with Crippen LogP contribution in [0.2, 0.25) is 0 Å². The lowest BCUT2D eigenvalue weighted by atomic mass is 10.1. The highest BCUT2D eigenvalue weighted by Gasteiger charge is 2.15. The zero-order valence-corrected chi connectivity index (χ0v) is 9.31. The quantitative estimate of drug-likeness (QED) is 0.699. The van der Waals surface area contributed by atoms with Crippen molar-refractivity contribution in [1.82, 2.24) is 10.6 Å². The minimum absolute atomic E-state index is 0.130. The molecule has 0 heterocycles. The van der Waals surface area contributed by atoms with Crippen LogP contribution in [0.4, 0.5) is 0 Å². The van der Waals surface area contributed by atoms with Gasteiger partial charge in [-0.25, -0.2) is 0 Å². The first kappa shape index (κ1) is 11.5. The lowest BCUT2D eigenvalue weighted by Crippen LogP contribution is -2.38. The maximum absolute atomic E-state index is 11.3. The minimum atomic E-state index is 0.130. The average molecular weight is 198 g/mol. The summed E-state index contributed by atoms with van der Waals surface area (Å²) in [4.78, 5) is 11.3. The van der Waals surface area contributed by atoms with Crippen LogP contribution < -0.4 is 10.6 Å². The Morgan fingerprint density at radius 2 is 2.00 bits per heavy atom. The molecule has 0 saturated heterocycles. The number of rotatable bonds is 5. The van der Waals surface area contributed by atoms with Gasteiger partial charge in [-0.15, -0.1) is 0 Å². The van der Waals surface area contributed by atoms with Gasteiger partial charge in [0.05, 0.1) is 6.54 Å². The van der Waals surface area contributed by atoms with Gasteiger partial charge in [-0.3, -0.25) is 4.79 Å². The lowest BCUT2D eigenvalue weighted by Gasteiger charge is -2.12. The van der Waals surface area contributed by atoms with Crippen LogP contribution in [0.15, 0.2) is 0 Å². The molecule has 0 aromatic heterocycles. The molecule has 3 heteroatoms. The predicted molar refractivity (Wildman–Crippen MR) is 58.1 cm³/mol. The first-order chi connectivity index (χ1) is 6.68. The van der Waals surface area contributed by atoms with Crippen LogP contribution >= 0.6 is 0 Å². The third-order valence-electron chi connectivity index (χ3n) is 2.73. The van der Waals surface area contributed by atoms with Crippen molar-refractivity contribution in [3.05, 3.63) is 0 Å². The Morgan fingerprint density at radius 1 is 1.36 bits per heavy atom. The maximum Gasteiger partial charge on any atom is 0.233 e. The van der Waals surface area contributed by atoms with Crippen LogP contribution in [0, 0.1) is 5.92 Å². The highest BCUT2D eigenvalue weighted by Crippen LogP contribution is 2.23. The fraction of sp³-hybridized carbons (Fsp3) is 0.909. The number of hydrogen-bond donors (Lipinski definition) is 2. The molecule has 0 aromatic rings. The van der Waals surface area contributed by atoms with Crippen LogP contribution in [0.25, 0.3) is 0 Å². The van der Waals surface area contributed by atoms with Gasteiger partial charge in [-0.05, 0) is 18.8 Å². The van der Waals surface area contributed by atoms with Gasteiger partial charge in [-0.2, -0.15) is 0 Å². The van der Waals surface area contributed by atoms with E-state index in [4.69, 9.17) is 0 Å². The topological polar surface area (TPSA) is 41.1 Å². The van der Waals surface area contributed by atoms with E-state index in [2.05, 4.69) is 10.6 Å². The third kappa shape index (κ3) is 4.61. The van der Waals surface area contributed by atoms with Gasteiger partial charge >= 0.3 is 0 Å². The minimum Gasteiger partial charge on any atom is -0.355 e. The first-order valence-corrected chi connectivity index (χ1v) is 5.68. The molecule has 0 atom stereocenters. The lowest BCUT2D eigenvalue weighted by molar-refractivity contribution is -0.120. The fourth-order valence-corrected chi connectivity index (χ4v) is 1.83. The van der Waals surface area contributed by atoms with E-state index in [0.29, 0.717) is 12.6 Å². The van der Waals surface area contributed by atoms with Crippen molar-refractivity contribution in [1.29, 1.82) is 0 Å². The summed E-state index contributed by atoms with van der Waals surface area (Å²) >= 11 is 0. The summed E-state index contributed by atoms with van der Waals surface area (Å²) in [6.07, 6.45) is 5.26. The second kappa shape index (κ2) is 6.02. The van der Waals surface area contributed by atoms with Gasteiger partial charge in [0.15, 0.2) is 0 Å². The van der Waals surface area contributed by atoms with Gasteiger partial charge < -0.3 is 10.6 Å². The van der Waals surface area contributed by atoms with E-state index in [0.717, 1.165) is 12.5 Å². The van der Waals surface area contributed by atoms with Crippen LogP contribution in [-0.2, 0) is 4.79 Å². The molecule has 0 radical (unpaired) electrons. The van der Waals surface area contributed by atoms with Crippen molar-refractivity contribution >= 4 is 5.91 Å². The first-order valence-electron chi connectivity index (χ1n) is 5.68. The largest absolute Gasteiger partial charge is 0.355 e. The second-order valence-corrected chi connectivity index (χ2v) is 4.49. The standard InChI is InChI=1S/C11H22N2O/c1-9(2)12-8-11(14)13-7-10-5-3-4-6-10/h9-10,12H,3-8H2,1-2H3,(H,13,14). The van der Waals surface area contributed by atoms with E-state index in [1.807, 2.05) is 13.8 Å². The zero-order valence-electron chi connectivity index (χ0n) is 9.31. The van der Waals surface area contributed by atoms with Gasteiger partial charge in [-0.1, -0.05) is 26.7 Å². The SMILES string of the molecule is CC(C)NCC(=O)NCC1CCCC1. The molecule has 0 unspecified atom stereocenters. The van der Waals surface area contributed by atoms with Gasteiger partial charge in [0.2, 0.25) is 5.91 Å². The van der Waals surface area contributed by atoms with Gasteiger partial charge in [0.25, 0.3) is 0 Å². The fourth-order valence-electron chi connectivity index (χ4n) is 1.83. The Morgan fingerprint density at radius 3 is 2.57 bits per heavy atom. The van der Waals surface area contributed by atoms with E-state index in [1.54, 1.807) is 0 Å². The second-order valence-electron chi connectivity index (χ2n) is 4.49. The summed E-state index contributed by atoms with van der Waals surface area (Å²) in [7, 11) is 0. The third-order valence-corrected chi connectivity index (χ3v) is 2.73. The Bertz CT molecular complexity index is 174. The molecule has 0 spiro atoms.